The van der Waals surface area contributed by atoms with E-state index in [-0.39, 0.29) is 0 Å². The highest BCUT2D eigenvalue weighted by atomic mass is 79.9. The number of urea groups is 1. The first-order chi connectivity index (χ1) is 8.93. The highest BCUT2D eigenvalue weighted by molar-refractivity contribution is 9.10. The van der Waals surface area contributed by atoms with Crippen LogP contribution in [0.3, 0.4) is 0 Å². The third-order valence-corrected chi connectivity index (χ3v) is 3.21. The molecule has 0 aliphatic heterocycles. The summed E-state index contributed by atoms with van der Waals surface area (Å²) in [5.41, 5.74) is 0.976. The van der Waals surface area contributed by atoms with Gasteiger partial charge < -0.3 is 15.3 Å². The van der Waals surface area contributed by atoms with E-state index in [1.165, 1.54) is 4.90 Å². The van der Waals surface area contributed by atoms with Crippen molar-refractivity contribution in [2.24, 2.45) is 0 Å². The molecule has 1 atom stereocenters. The van der Waals surface area contributed by atoms with E-state index < -0.39 is 18.0 Å². The monoisotopic (exact) mass is 328 g/mol. The van der Waals surface area contributed by atoms with Gasteiger partial charge in [-0.25, -0.2) is 9.59 Å². The zero-order valence-electron chi connectivity index (χ0n) is 10.9. The van der Waals surface area contributed by atoms with Crippen LogP contribution in [-0.2, 0) is 11.3 Å². The minimum atomic E-state index is -1.02. The number of carboxylic acid groups (broad SMARTS) is 1. The van der Waals surface area contributed by atoms with Gasteiger partial charge in [-0.15, -0.1) is 0 Å². The number of halogens is 1. The average molecular weight is 329 g/mol. The molecule has 0 spiro atoms. The van der Waals surface area contributed by atoms with Crippen molar-refractivity contribution < 1.29 is 14.7 Å². The average Bonchev–Trinajstić information content (AvgIpc) is 2.37. The summed E-state index contributed by atoms with van der Waals surface area (Å²) in [5.74, 6) is -1.02. The van der Waals surface area contributed by atoms with Crippen LogP contribution in [0.4, 0.5) is 4.79 Å². The fourth-order valence-electron chi connectivity index (χ4n) is 1.53. The molecule has 0 fully saturated rings. The molecule has 6 heteroatoms. The van der Waals surface area contributed by atoms with E-state index >= 15 is 0 Å². The van der Waals surface area contributed by atoms with E-state index in [9.17, 15) is 9.59 Å². The second-order valence-corrected chi connectivity index (χ2v) is 5.15. The molecule has 0 aliphatic rings. The van der Waals surface area contributed by atoms with Gasteiger partial charge in [-0.2, -0.15) is 0 Å². The van der Waals surface area contributed by atoms with E-state index in [1.807, 2.05) is 24.3 Å². The number of benzene rings is 1. The molecule has 104 valence electrons. The minimum Gasteiger partial charge on any atom is -0.480 e. The first kappa shape index (κ1) is 15.5. The normalized spacial score (nSPS) is 11.7. The first-order valence-electron chi connectivity index (χ1n) is 5.93. The number of hydrogen-bond acceptors (Lipinski definition) is 2. The van der Waals surface area contributed by atoms with Gasteiger partial charge in [0.25, 0.3) is 0 Å². The third-order valence-electron chi connectivity index (χ3n) is 2.68. The molecule has 0 aromatic heterocycles. The molecule has 0 saturated carbocycles. The molecule has 19 heavy (non-hydrogen) atoms. The Kier molecular flexibility index (Phi) is 5.82. The molecule has 1 rings (SSSR count). The van der Waals surface area contributed by atoms with Crippen molar-refractivity contribution in [3.05, 3.63) is 34.3 Å². The van der Waals surface area contributed by atoms with E-state index in [1.54, 1.807) is 14.0 Å². The SMILES string of the molecule is CC[C@H](NC(=O)N(C)Cc1ccc(Br)cc1)C(=O)O. The second-order valence-electron chi connectivity index (χ2n) is 4.23. The van der Waals surface area contributed by atoms with Crippen LogP contribution in [0.15, 0.2) is 28.7 Å². The van der Waals surface area contributed by atoms with Crippen molar-refractivity contribution in [2.45, 2.75) is 25.9 Å². The van der Waals surface area contributed by atoms with Gasteiger partial charge in [-0.3, -0.25) is 0 Å². The highest BCUT2D eigenvalue weighted by Gasteiger charge is 2.19. The molecule has 0 unspecified atom stereocenters. The Balaban J connectivity index is 2.57. The predicted octanol–water partition coefficient (Wildman–Crippen LogP) is 2.45. The van der Waals surface area contributed by atoms with Crippen molar-refractivity contribution in [2.75, 3.05) is 7.05 Å². The number of carboxylic acids is 1. The number of nitrogens with zero attached hydrogens (tertiary/aromatic N) is 1. The highest BCUT2D eigenvalue weighted by Crippen LogP contribution is 2.11. The molecule has 0 saturated heterocycles. The number of amides is 2. The summed E-state index contributed by atoms with van der Waals surface area (Å²) in [6, 6.07) is 6.36. The fourth-order valence-corrected chi connectivity index (χ4v) is 1.80. The van der Waals surface area contributed by atoms with Crippen LogP contribution in [0.2, 0.25) is 0 Å². The summed E-state index contributed by atoms with van der Waals surface area (Å²) in [6.45, 7) is 2.14. The first-order valence-corrected chi connectivity index (χ1v) is 6.72. The predicted molar refractivity (Wildman–Crippen MR) is 75.9 cm³/mol. The summed E-state index contributed by atoms with van der Waals surface area (Å²) in [6.07, 6.45) is 0.354. The Bertz CT molecular complexity index is 448. The van der Waals surface area contributed by atoms with E-state index in [0.29, 0.717) is 13.0 Å². The van der Waals surface area contributed by atoms with Gasteiger partial charge in [0.2, 0.25) is 0 Å². The van der Waals surface area contributed by atoms with Crippen molar-refractivity contribution in [3.8, 4) is 0 Å². The molecule has 0 heterocycles. The number of hydrogen-bond donors (Lipinski definition) is 2. The fraction of sp³-hybridized carbons (Fsp3) is 0.385. The number of carbonyl (C=O) groups is 2. The molecule has 0 aliphatic carbocycles. The summed E-state index contributed by atoms with van der Waals surface area (Å²) in [5, 5.41) is 11.4. The van der Waals surface area contributed by atoms with Gasteiger partial charge in [0.15, 0.2) is 0 Å². The van der Waals surface area contributed by atoms with Crippen molar-refractivity contribution in [3.63, 3.8) is 0 Å². The van der Waals surface area contributed by atoms with Crippen LogP contribution in [0, 0.1) is 0 Å². The molecule has 2 N–H and O–H groups in total. The Morgan fingerprint density at radius 3 is 2.42 bits per heavy atom. The van der Waals surface area contributed by atoms with Gasteiger partial charge in [0.1, 0.15) is 6.04 Å². The summed E-state index contributed by atoms with van der Waals surface area (Å²) in [7, 11) is 1.63. The standard InChI is InChI=1S/C13H17BrN2O3/c1-3-11(12(17)18)15-13(19)16(2)8-9-4-6-10(14)7-5-9/h4-7,11H,3,8H2,1-2H3,(H,15,19)(H,17,18)/t11-/m0/s1. The maximum atomic E-state index is 11.8. The molecule has 1 aromatic rings. The lowest BCUT2D eigenvalue weighted by Gasteiger charge is -2.20. The summed E-state index contributed by atoms with van der Waals surface area (Å²) >= 11 is 3.34. The molecular formula is C13H17BrN2O3. The van der Waals surface area contributed by atoms with Crippen molar-refractivity contribution in [1.82, 2.24) is 10.2 Å². The van der Waals surface area contributed by atoms with Gasteiger partial charge in [-0.05, 0) is 24.1 Å². The summed E-state index contributed by atoms with van der Waals surface area (Å²) < 4.78 is 0.972. The third kappa shape index (κ3) is 4.90. The van der Waals surface area contributed by atoms with Gasteiger partial charge >= 0.3 is 12.0 Å². The second kappa shape index (κ2) is 7.13. The number of carbonyl (C=O) groups excluding carboxylic acids is 1. The molecule has 1 aromatic carbocycles. The number of aliphatic carboxylic acids is 1. The topological polar surface area (TPSA) is 69.6 Å². The Morgan fingerprint density at radius 2 is 1.95 bits per heavy atom. The largest absolute Gasteiger partial charge is 0.480 e. The Morgan fingerprint density at radius 1 is 1.37 bits per heavy atom. The maximum Gasteiger partial charge on any atom is 0.326 e. The van der Waals surface area contributed by atoms with Crippen LogP contribution >= 0.6 is 15.9 Å². The lowest BCUT2D eigenvalue weighted by Crippen LogP contribution is -2.46. The van der Waals surface area contributed by atoms with E-state index in [4.69, 9.17) is 5.11 Å². The Hall–Kier alpha value is -1.56. The van der Waals surface area contributed by atoms with Crippen LogP contribution < -0.4 is 5.32 Å². The molecule has 0 bridgehead atoms. The minimum absolute atomic E-state index is 0.354. The van der Waals surface area contributed by atoms with Gasteiger partial charge in [0.05, 0.1) is 0 Å². The smallest absolute Gasteiger partial charge is 0.326 e. The zero-order chi connectivity index (χ0) is 14.4. The quantitative estimate of drug-likeness (QED) is 0.872. The van der Waals surface area contributed by atoms with Crippen molar-refractivity contribution >= 4 is 27.9 Å². The van der Waals surface area contributed by atoms with Crippen LogP contribution in [0.25, 0.3) is 0 Å². The molecule has 0 radical (unpaired) electrons. The maximum absolute atomic E-state index is 11.8. The Labute approximate surface area is 120 Å². The molecule has 2 amide bonds. The molecular weight excluding hydrogens is 312 g/mol. The lowest BCUT2D eigenvalue weighted by atomic mass is 10.2. The summed E-state index contributed by atoms with van der Waals surface area (Å²) in [4.78, 5) is 24.1. The van der Waals surface area contributed by atoms with Crippen LogP contribution in [-0.4, -0.2) is 35.1 Å². The van der Waals surface area contributed by atoms with Gasteiger partial charge in [-0.1, -0.05) is 35.0 Å². The van der Waals surface area contributed by atoms with Crippen LogP contribution in [0.5, 0.6) is 0 Å². The molecule has 5 nitrogen and oxygen atoms in total. The van der Waals surface area contributed by atoms with E-state index in [2.05, 4.69) is 21.2 Å². The van der Waals surface area contributed by atoms with E-state index in [0.717, 1.165) is 10.0 Å². The van der Waals surface area contributed by atoms with Crippen LogP contribution in [0.1, 0.15) is 18.9 Å². The lowest BCUT2D eigenvalue weighted by molar-refractivity contribution is -0.139. The zero-order valence-corrected chi connectivity index (χ0v) is 12.5. The number of rotatable bonds is 5. The van der Waals surface area contributed by atoms with Gasteiger partial charge in [0, 0.05) is 18.1 Å². The number of nitrogens with one attached hydrogen (secondary N) is 1. The van der Waals surface area contributed by atoms with Crippen molar-refractivity contribution in [1.29, 1.82) is 0 Å².